The molecule has 1 aliphatic rings. The van der Waals surface area contributed by atoms with E-state index in [0.717, 1.165) is 19.5 Å². The number of nitrogens with one attached hydrogen (secondary N) is 2. The molecule has 1 aliphatic heterocycles. The molecule has 0 aromatic rings. The molecule has 3 N–H and O–H groups in total. The van der Waals surface area contributed by atoms with Gasteiger partial charge in [-0.05, 0) is 31.2 Å². The lowest BCUT2D eigenvalue weighted by Gasteiger charge is -2.26. The molecule has 7 nitrogen and oxygen atoms in total. The number of aliphatic carboxylic acids is 1. The number of carboxylic acids is 1. The monoisotopic (exact) mass is 330 g/mol. The number of esters is 1. The summed E-state index contributed by atoms with van der Waals surface area (Å²) in [6.07, 6.45) is 1.54. The molecule has 0 bridgehead atoms. The molecule has 1 heterocycles. The molecule has 0 radical (unpaired) electrons. The van der Waals surface area contributed by atoms with E-state index >= 15 is 0 Å². The maximum atomic E-state index is 11.1. The first-order valence-corrected chi connectivity index (χ1v) is 7.97. The van der Waals surface area contributed by atoms with Crippen molar-refractivity contribution in [2.24, 2.45) is 17.8 Å². The highest BCUT2D eigenvalue weighted by Gasteiger charge is 2.27. The third-order valence-corrected chi connectivity index (χ3v) is 3.71. The number of amides is 1. The predicted molar refractivity (Wildman–Crippen MR) is 86.9 cm³/mol. The van der Waals surface area contributed by atoms with Crippen LogP contribution in [-0.2, 0) is 19.1 Å². The maximum Gasteiger partial charge on any atom is 0.326 e. The van der Waals surface area contributed by atoms with Crippen LogP contribution < -0.4 is 10.6 Å². The van der Waals surface area contributed by atoms with E-state index in [4.69, 9.17) is 5.11 Å². The molecule has 1 saturated heterocycles. The number of ether oxygens (including phenoxy) is 1. The molecule has 0 aromatic heterocycles. The van der Waals surface area contributed by atoms with Crippen molar-refractivity contribution < 1.29 is 24.2 Å². The lowest BCUT2D eigenvalue weighted by Crippen LogP contribution is -2.40. The summed E-state index contributed by atoms with van der Waals surface area (Å²) in [5.41, 5.74) is 0. The van der Waals surface area contributed by atoms with Gasteiger partial charge in [-0.3, -0.25) is 9.59 Å². The highest BCUT2D eigenvalue weighted by molar-refractivity contribution is 5.82. The summed E-state index contributed by atoms with van der Waals surface area (Å²) in [6.45, 7) is 9.04. The van der Waals surface area contributed by atoms with E-state index in [0.29, 0.717) is 12.3 Å². The second-order valence-electron chi connectivity index (χ2n) is 6.32. The molecule has 7 heteroatoms. The quantitative estimate of drug-likeness (QED) is 0.650. The van der Waals surface area contributed by atoms with Crippen LogP contribution in [0.4, 0.5) is 0 Å². The highest BCUT2D eigenvalue weighted by atomic mass is 16.5. The van der Waals surface area contributed by atoms with Gasteiger partial charge in [0.05, 0.1) is 13.0 Å². The first-order chi connectivity index (χ1) is 10.7. The minimum Gasteiger partial charge on any atom is -0.480 e. The zero-order valence-corrected chi connectivity index (χ0v) is 14.7. The van der Waals surface area contributed by atoms with E-state index in [-0.39, 0.29) is 23.7 Å². The van der Waals surface area contributed by atoms with E-state index in [1.165, 1.54) is 14.0 Å². The second kappa shape index (κ2) is 11.0. The van der Waals surface area contributed by atoms with Crippen LogP contribution in [0.15, 0.2) is 0 Å². The van der Waals surface area contributed by atoms with Crippen molar-refractivity contribution in [2.75, 3.05) is 20.2 Å². The van der Waals surface area contributed by atoms with Crippen LogP contribution in [0, 0.1) is 17.8 Å². The first-order valence-electron chi connectivity index (χ1n) is 7.97. The van der Waals surface area contributed by atoms with Gasteiger partial charge in [0.15, 0.2) is 0 Å². The lowest BCUT2D eigenvalue weighted by molar-refractivity contribution is -0.147. The van der Waals surface area contributed by atoms with E-state index in [1.807, 2.05) is 13.8 Å². The molecule has 1 amide bonds. The first kappa shape index (κ1) is 21.4. The van der Waals surface area contributed by atoms with Crippen molar-refractivity contribution in [2.45, 2.75) is 46.6 Å². The van der Waals surface area contributed by atoms with Crippen molar-refractivity contribution >= 4 is 17.8 Å². The van der Waals surface area contributed by atoms with E-state index in [9.17, 15) is 14.4 Å². The topological polar surface area (TPSA) is 105 Å². The molecule has 0 aliphatic carbocycles. The van der Waals surface area contributed by atoms with Crippen LogP contribution >= 0.6 is 0 Å². The summed E-state index contributed by atoms with van der Waals surface area (Å²) < 4.78 is 4.68. The lowest BCUT2D eigenvalue weighted by atomic mass is 9.88. The minimum absolute atomic E-state index is 0.0637. The maximum absolute atomic E-state index is 11.1. The summed E-state index contributed by atoms with van der Waals surface area (Å²) in [5.74, 6) is -0.568. The number of carboxylic acid groups (broad SMARTS) is 1. The Balaban J connectivity index is 0.000000422. The van der Waals surface area contributed by atoms with Crippen molar-refractivity contribution in [3.05, 3.63) is 0 Å². The van der Waals surface area contributed by atoms with Crippen LogP contribution in [0.5, 0.6) is 0 Å². The SMILES string of the molecule is CC(=O)N[C@H](CC(C)C)C(=O)O.COC(=O)[C@H]1CNCC[C@@H]1C. The smallest absolute Gasteiger partial charge is 0.326 e. The van der Waals surface area contributed by atoms with Gasteiger partial charge in [0, 0.05) is 13.5 Å². The van der Waals surface area contributed by atoms with Crippen LogP contribution in [0.3, 0.4) is 0 Å². The summed E-state index contributed by atoms with van der Waals surface area (Å²) >= 11 is 0. The van der Waals surface area contributed by atoms with Gasteiger partial charge < -0.3 is 20.5 Å². The van der Waals surface area contributed by atoms with E-state index in [1.54, 1.807) is 0 Å². The molecule has 0 saturated carbocycles. The average Bonchev–Trinajstić information content (AvgIpc) is 2.46. The Morgan fingerprint density at radius 1 is 1.35 bits per heavy atom. The summed E-state index contributed by atoms with van der Waals surface area (Å²) in [4.78, 5) is 32.2. The van der Waals surface area contributed by atoms with Crippen LogP contribution in [-0.4, -0.2) is 49.2 Å². The Labute approximate surface area is 138 Å². The van der Waals surface area contributed by atoms with E-state index < -0.39 is 12.0 Å². The Morgan fingerprint density at radius 3 is 2.35 bits per heavy atom. The zero-order chi connectivity index (χ0) is 18.0. The number of rotatable bonds is 5. The standard InChI is InChI=1S/C8H15NO3.C8H15NO2/c1-5(2)4-7(8(11)12)9-6(3)10;1-6-3-4-9-5-7(6)8(10)11-2/h5,7H,4H2,1-3H3,(H,9,10)(H,11,12);6-7,9H,3-5H2,1-2H3/t7-;6-,7-/m10/s1. The van der Waals surface area contributed by atoms with Crippen molar-refractivity contribution in [3.63, 3.8) is 0 Å². The average molecular weight is 330 g/mol. The van der Waals surface area contributed by atoms with Crippen molar-refractivity contribution in [1.82, 2.24) is 10.6 Å². The Bertz CT molecular complexity index is 398. The van der Waals surface area contributed by atoms with Crippen LogP contribution in [0.1, 0.15) is 40.5 Å². The molecule has 23 heavy (non-hydrogen) atoms. The third-order valence-electron chi connectivity index (χ3n) is 3.71. The van der Waals surface area contributed by atoms with Crippen molar-refractivity contribution in [1.29, 1.82) is 0 Å². The number of carbonyl (C=O) groups excluding carboxylic acids is 2. The fourth-order valence-electron chi connectivity index (χ4n) is 2.39. The molecular formula is C16H30N2O5. The van der Waals surface area contributed by atoms with Crippen LogP contribution in [0.25, 0.3) is 0 Å². The molecule has 0 aromatic carbocycles. The van der Waals surface area contributed by atoms with Gasteiger partial charge in [-0.1, -0.05) is 20.8 Å². The summed E-state index contributed by atoms with van der Waals surface area (Å²) in [6, 6.07) is -0.748. The molecule has 0 spiro atoms. The van der Waals surface area contributed by atoms with Gasteiger partial charge in [0.1, 0.15) is 6.04 Å². The molecule has 134 valence electrons. The van der Waals surface area contributed by atoms with Gasteiger partial charge in [0.25, 0.3) is 0 Å². The zero-order valence-electron chi connectivity index (χ0n) is 14.7. The number of carbonyl (C=O) groups is 3. The molecular weight excluding hydrogens is 300 g/mol. The molecule has 1 fully saturated rings. The van der Waals surface area contributed by atoms with Crippen LogP contribution in [0.2, 0.25) is 0 Å². The fraction of sp³-hybridized carbons (Fsp3) is 0.812. The van der Waals surface area contributed by atoms with Gasteiger partial charge in [-0.25, -0.2) is 4.79 Å². The normalized spacial score (nSPS) is 21.7. The minimum atomic E-state index is -0.973. The Morgan fingerprint density at radius 2 is 1.96 bits per heavy atom. The summed E-state index contributed by atoms with van der Waals surface area (Å²) in [7, 11) is 1.45. The highest BCUT2D eigenvalue weighted by Crippen LogP contribution is 2.19. The number of hydrogen-bond donors (Lipinski definition) is 3. The number of piperidine rings is 1. The van der Waals surface area contributed by atoms with Gasteiger partial charge in [-0.15, -0.1) is 0 Å². The summed E-state index contributed by atoms with van der Waals surface area (Å²) in [5, 5.41) is 14.2. The van der Waals surface area contributed by atoms with Gasteiger partial charge >= 0.3 is 11.9 Å². The largest absolute Gasteiger partial charge is 0.480 e. The Kier molecular flexibility index (Phi) is 10.2. The van der Waals surface area contributed by atoms with Crippen molar-refractivity contribution in [3.8, 4) is 0 Å². The van der Waals surface area contributed by atoms with E-state index in [2.05, 4.69) is 22.3 Å². The molecule has 1 rings (SSSR count). The number of methoxy groups -OCH3 is 1. The number of hydrogen-bond acceptors (Lipinski definition) is 5. The van der Waals surface area contributed by atoms with Gasteiger partial charge in [0.2, 0.25) is 5.91 Å². The Hall–Kier alpha value is -1.63. The third kappa shape index (κ3) is 9.18. The second-order valence-corrected chi connectivity index (χ2v) is 6.32. The molecule has 0 unspecified atom stereocenters. The van der Waals surface area contributed by atoms with Gasteiger partial charge in [-0.2, -0.15) is 0 Å². The predicted octanol–water partition coefficient (Wildman–Crippen LogP) is 1.03. The fourth-order valence-corrected chi connectivity index (χ4v) is 2.39. The molecule has 3 atom stereocenters.